The maximum atomic E-state index is 9.64. The van der Waals surface area contributed by atoms with E-state index in [1.54, 1.807) is 0 Å². The molecule has 0 amide bonds. The van der Waals surface area contributed by atoms with Crippen molar-refractivity contribution in [3.8, 4) is 40.3 Å². The van der Waals surface area contributed by atoms with Crippen LogP contribution in [0.2, 0.25) is 0 Å². The van der Waals surface area contributed by atoms with E-state index in [-0.39, 0.29) is 21.1 Å². The summed E-state index contributed by atoms with van der Waals surface area (Å²) in [7, 11) is 0. The first-order chi connectivity index (χ1) is 23.9. The quantitative estimate of drug-likeness (QED) is 0.150. The van der Waals surface area contributed by atoms with Crippen LogP contribution < -0.4 is 4.74 Å². The van der Waals surface area contributed by atoms with Crippen molar-refractivity contribution in [1.29, 1.82) is 5.26 Å². The predicted octanol–water partition coefficient (Wildman–Crippen LogP) is 10.3. The van der Waals surface area contributed by atoms with E-state index < -0.39 is 0 Å². The predicted molar refractivity (Wildman–Crippen MR) is 196 cm³/mol. The number of aryl methyl sites for hydroxylation is 2. The Balaban J connectivity index is 0.00000392. The summed E-state index contributed by atoms with van der Waals surface area (Å²) in [6.45, 7) is 8.70. The molecule has 0 N–H and O–H groups in total. The summed E-state index contributed by atoms with van der Waals surface area (Å²) in [5.74, 6) is 2.44. The molecule has 4 heterocycles. The van der Waals surface area contributed by atoms with Crippen LogP contribution in [0.25, 0.3) is 55.5 Å². The second-order valence-corrected chi connectivity index (χ2v) is 13.0. The van der Waals surface area contributed by atoms with Crippen molar-refractivity contribution >= 4 is 32.7 Å². The molecule has 7 heteroatoms. The molecular formula is C43H33N5OPt. The Hall–Kier alpha value is -5.50. The second-order valence-electron chi connectivity index (χ2n) is 13.0. The number of ether oxygens (including phenoxy) is 1. The van der Waals surface area contributed by atoms with Crippen LogP contribution >= 0.6 is 0 Å². The van der Waals surface area contributed by atoms with Gasteiger partial charge < -0.3 is 18.9 Å². The molecular weight excluding hydrogens is 798 g/mol. The van der Waals surface area contributed by atoms with Crippen LogP contribution in [0.1, 0.15) is 36.1 Å². The number of benzene rings is 4. The molecule has 0 atom stereocenters. The maximum absolute atomic E-state index is 9.64. The maximum Gasteiger partial charge on any atom is 2.00 e. The average molecular weight is 831 g/mol. The van der Waals surface area contributed by atoms with E-state index in [0.29, 0.717) is 23.0 Å². The molecule has 0 radical (unpaired) electrons. The number of fused-ring (bicyclic) bond motifs is 4. The third-order valence-corrected chi connectivity index (χ3v) is 8.98. The topological polar surface area (TPSA) is 68.7 Å². The number of hydrogen-bond donors (Lipinski definition) is 0. The van der Waals surface area contributed by atoms with Gasteiger partial charge in [0.1, 0.15) is 5.82 Å². The molecule has 0 unspecified atom stereocenters. The van der Waals surface area contributed by atoms with Gasteiger partial charge in [-0.15, -0.1) is 41.3 Å². The minimum atomic E-state index is 0. The molecule has 6 nitrogen and oxygen atoms in total. The number of pyridine rings is 2. The fourth-order valence-corrected chi connectivity index (χ4v) is 6.81. The molecule has 0 saturated carbocycles. The first-order valence-corrected chi connectivity index (χ1v) is 16.5. The van der Waals surface area contributed by atoms with Crippen molar-refractivity contribution in [2.24, 2.45) is 5.92 Å². The Morgan fingerprint density at radius 3 is 2.42 bits per heavy atom. The number of nitrogens with zero attached hydrogens (tertiary/aromatic N) is 5. The summed E-state index contributed by atoms with van der Waals surface area (Å²) in [5, 5.41) is 12.7. The Morgan fingerprint density at radius 2 is 1.62 bits per heavy atom. The van der Waals surface area contributed by atoms with Crippen LogP contribution in [0, 0.1) is 43.2 Å². The number of rotatable bonds is 7. The fourth-order valence-electron chi connectivity index (χ4n) is 6.81. The van der Waals surface area contributed by atoms with Crippen LogP contribution in [0.5, 0.6) is 11.5 Å². The summed E-state index contributed by atoms with van der Waals surface area (Å²) >= 11 is 0. The van der Waals surface area contributed by atoms with Gasteiger partial charge in [0.15, 0.2) is 0 Å². The summed E-state index contributed by atoms with van der Waals surface area (Å²) in [5.41, 5.74) is 9.94. The summed E-state index contributed by atoms with van der Waals surface area (Å²) in [4.78, 5) is 9.61. The zero-order valence-corrected chi connectivity index (χ0v) is 30.4. The molecule has 0 bridgehead atoms. The van der Waals surface area contributed by atoms with Gasteiger partial charge in [-0.2, -0.15) is 11.3 Å². The Morgan fingerprint density at radius 1 is 0.820 bits per heavy atom. The zero-order chi connectivity index (χ0) is 33.6. The van der Waals surface area contributed by atoms with Gasteiger partial charge in [0, 0.05) is 35.6 Å². The summed E-state index contributed by atoms with van der Waals surface area (Å²) < 4.78 is 10.7. The molecule has 0 spiro atoms. The van der Waals surface area contributed by atoms with Crippen LogP contribution in [0.15, 0.2) is 110 Å². The molecule has 246 valence electrons. The van der Waals surface area contributed by atoms with Gasteiger partial charge in [-0.25, -0.2) is 4.98 Å². The Bertz CT molecular complexity index is 2570. The minimum absolute atomic E-state index is 0. The third-order valence-electron chi connectivity index (χ3n) is 8.98. The Labute approximate surface area is 305 Å². The monoisotopic (exact) mass is 830 g/mol. The third kappa shape index (κ3) is 5.99. The molecule has 4 aromatic heterocycles. The number of hydrogen-bond acceptors (Lipinski definition) is 4. The van der Waals surface area contributed by atoms with Crippen LogP contribution in [-0.4, -0.2) is 19.1 Å². The summed E-state index contributed by atoms with van der Waals surface area (Å²) in [6, 6.07) is 39.6. The van der Waals surface area contributed by atoms with Crippen LogP contribution in [0.4, 0.5) is 0 Å². The molecule has 0 aliphatic heterocycles. The van der Waals surface area contributed by atoms with Gasteiger partial charge in [0.2, 0.25) is 0 Å². The van der Waals surface area contributed by atoms with Gasteiger partial charge in [0.05, 0.1) is 22.8 Å². The van der Waals surface area contributed by atoms with E-state index >= 15 is 0 Å². The normalized spacial score (nSPS) is 11.3. The van der Waals surface area contributed by atoms with Crippen LogP contribution in [-0.2, 0) is 27.5 Å². The largest absolute Gasteiger partial charge is 2.00 e. The smallest absolute Gasteiger partial charge is 0.503 e. The number of nitriles is 1. The summed E-state index contributed by atoms with van der Waals surface area (Å²) in [6.07, 6.45) is 6.85. The van der Waals surface area contributed by atoms with E-state index in [2.05, 4.69) is 104 Å². The molecule has 8 rings (SSSR count). The van der Waals surface area contributed by atoms with Crippen molar-refractivity contribution in [3.05, 3.63) is 144 Å². The second kappa shape index (κ2) is 13.4. The molecule has 50 heavy (non-hydrogen) atoms. The van der Waals surface area contributed by atoms with Crippen LogP contribution in [0.3, 0.4) is 0 Å². The van der Waals surface area contributed by atoms with E-state index in [1.165, 1.54) is 22.4 Å². The number of para-hydroxylation sites is 1. The van der Waals surface area contributed by atoms with Crippen molar-refractivity contribution in [3.63, 3.8) is 0 Å². The van der Waals surface area contributed by atoms with Gasteiger partial charge in [-0.3, -0.25) is 0 Å². The molecule has 0 aliphatic carbocycles. The number of aromatic nitrogens is 4. The van der Waals surface area contributed by atoms with Crippen molar-refractivity contribution in [2.75, 3.05) is 0 Å². The van der Waals surface area contributed by atoms with Gasteiger partial charge in [-0.05, 0) is 95.7 Å². The molecule has 4 aromatic carbocycles. The molecule has 0 fully saturated rings. The molecule has 0 aliphatic rings. The zero-order valence-electron chi connectivity index (χ0n) is 28.1. The van der Waals surface area contributed by atoms with Crippen molar-refractivity contribution in [1.82, 2.24) is 19.1 Å². The standard InChI is InChI=1S/C43H33N5O.Pt/c1-27(2)19-30-15-17-45-42(21-30)48-39-14-11-31(25-44)20-37(39)36-13-12-35(24-40(36)48)49-34-10-6-9-32(22-34)38-23-33-16-18-47(41(33)26-46-38)43-28(3)7-5-8-29(43)4;/h5-18,20-21,23,26-27H,19H2,1-4H3;/q-2;+2. The van der Waals surface area contributed by atoms with Crippen molar-refractivity contribution in [2.45, 2.75) is 34.1 Å². The first-order valence-electron chi connectivity index (χ1n) is 16.5. The molecule has 0 saturated heterocycles. The average Bonchev–Trinajstić information content (AvgIpc) is 3.66. The van der Waals surface area contributed by atoms with Gasteiger partial charge in [-0.1, -0.05) is 49.7 Å². The van der Waals surface area contributed by atoms with Gasteiger partial charge in [0.25, 0.3) is 0 Å². The van der Waals surface area contributed by atoms with E-state index in [4.69, 9.17) is 14.7 Å². The van der Waals surface area contributed by atoms with Crippen molar-refractivity contribution < 1.29 is 25.8 Å². The molecule has 8 aromatic rings. The van der Waals surface area contributed by atoms with Gasteiger partial charge >= 0.3 is 21.1 Å². The Kier molecular flexibility index (Phi) is 8.86. The SMILES string of the molecule is Cc1cccc(C)c1-n1ccc2cc(-c3[c-]c(Oc4[c-]c5c(cc4)c4cc(C#N)ccc4n5-c4cc(CC(C)C)ccn4)ccc3)ncc21.[Pt+2]. The first kappa shape index (κ1) is 33.0. The fraction of sp³-hybridized carbons (Fsp3) is 0.140. The van der Waals surface area contributed by atoms with E-state index in [9.17, 15) is 5.26 Å². The minimum Gasteiger partial charge on any atom is -0.503 e. The van der Waals surface area contributed by atoms with E-state index in [1.807, 2.05) is 60.9 Å². The van der Waals surface area contributed by atoms with E-state index in [0.717, 1.165) is 56.2 Å².